The lowest BCUT2D eigenvalue weighted by Gasteiger charge is -2.51. The Morgan fingerprint density at radius 3 is 2.13 bits per heavy atom. The third-order valence-electron chi connectivity index (χ3n) is 9.69. The molecular formula is C32H52FN3O2. The minimum atomic E-state index is -0.567. The van der Waals surface area contributed by atoms with Gasteiger partial charge in [-0.05, 0) is 104 Å². The molecule has 1 aliphatic carbocycles. The van der Waals surface area contributed by atoms with E-state index >= 15 is 0 Å². The van der Waals surface area contributed by atoms with Crippen molar-refractivity contribution in [2.45, 2.75) is 116 Å². The molecule has 2 saturated heterocycles. The van der Waals surface area contributed by atoms with Gasteiger partial charge in [0.15, 0.2) is 0 Å². The molecular weight excluding hydrogens is 477 g/mol. The number of nitrogens with zero attached hydrogens (tertiary/aromatic N) is 2. The zero-order valence-corrected chi connectivity index (χ0v) is 24.7. The summed E-state index contributed by atoms with van der Waals surface area (Å²) in [6.45, 7) is 16.2. The summed E-state index contributed by atoms with van der Waals surface area (Å²) in [5.74, 6) is 0.629. The van der Waals surface area contributed by atoms with Crippen molar-refractivity contribution in [1.29, 1.82) is 0 Å². The van der Waals surface area contributed by atoms with Crippen molar-refractivity contribution in [2.75, 3.05) is 26.2 Å². The number of piperidine rings is 2. The van der Waals surface area contributed by atoms with E-state index in [0.29, 0.717) is 5.92 Å². The van der Waals surface area contributed by atoms with Gasteiger partial charge in [-0.3, -0.25) is 14.6 Å². The summed E-state index contributed by atoms with van der Waals surface area (Å²) in [6.07, 6.45) is 7.92. The van der Waals surface area contributed by atoms with Crippen molar-refractivity contribution in [3.05, 3.63) is 35.6 Å². The van der Waals surface area contributed by atoms with Gasteiger partial charge in [0.1, 0.15) is 12.0 Å². The summed E-state index contributed by atoms with van der Waals surface area (Å²) in [5.41, 5.74) is 0.552. The third kappa shape index (κ3) is 6.62. The van der Waals surface area contributed by atoms with E-state index in [1.54, 1.807) is 12.1 Å². The average Bonchev–Trinajstić information content (AvgIpc) is 2.87. The standard InChI is InChI=1S/C32H52FN3O2/c1-30(2,3)34-29(38)32(24-10-8-7-9-11-24)17-20-35(21-18-32)28(37)26-16-19-36(31(4,5)6)22-27(26)23-12-14-25(33)15-13-23/h12-15,24,26-28,37H,7-11,16-22H2,1-6H3,(H,34,38)/t26?,27?,28-/m0/s1. The molecule has 0 spiro atoms. The van der Waals surface area contributed by atoms with Gasteiger partial charge in [0.05, 0.1) is 5.41 Å². The topological polar surface area (TPSA) is 55.8 Å². The second kappa shape index (κ2) is 11.5. The van der Waals surface area contributed by atoms with Gasteiger partial charge < -0.3 is 10.4 Å². The fraction of sp³-hybridized carbons (Fsp3) is 0.781. The van der Waals surface area contributed by atoms with E-state index in [1.165, 1.54) is 19.3 Å². The zero-order chi connectivity index (χ0) is 27.7. The Balaban J connectivity index is 1.52. The fourth-order valence-electron chi connectivity index (χ4n) is 7.40. The number of hydrogen-bond donors (Lipinski definition) is 2. The molecule has 5 nitrogen and oxygen atoms in total. The molecule has 6 heteroatoms. The van der Waals surface area contributed by atoms with Crippen molar-refractivity contribution in [1.82, 2.24) is 15.1 Å². The number of nitrogens with one attached hydrogen (secondary N) is 1. The van der Waals surface area contributed by atoms with Crippen LogP contribution in [0.1, 0.15) is 104 Å². The molecule has 3 aliphatic rings. The number of rotatable bonds is 5. The molecule has 3 atom stereocenters. The van der Waals surface area contributed by atoms with Gasteiger partial charge in [-0.15, -0.1) is 0 Å². The number of carbonyl (C=O) groups excluding carboxylic acids is 1. The summed E-state index contributed by atoms with van der Waals surface area (Å²) in [5, 5.41) is 15.1. The van der Waals surface area contributed by atoms with Crippen LogP contribution in [0.2, 0.25) is 0 Å². The number of aliphatic hydroxyl groups excluding tert-OH is 1. The fourth-order valence-corrected chi connectivity index (χ4v) is 7.40. The molecule has 3 fully saturated rings. The summed E-state index contributed by atoms with van der Waals surface area (Å²) in [4.78, 5) is 18.5. The summed E-state index contributed by atoms with van der Waals surface area (Å²) < 4.78 is 13.8. The normalized spacial score (nSPS) is 27.2. The molecule has 0 bridgehead atoms. The first-order valence-corrected chi connectivity index (χ1v) is 15.1. The third-order valence-corrected chi connectivity index (χ3v) is 9.69. The molecule has 1 amide bonds. The highest BCUT2D eigenvalue weighted by atomic mass is 19.1. The van der Waals surface area contributed by atoms with Gasteiger partial charge in [-0.25, -0.2) is 4.39 Å². The molecule has 2 aliphatic heterocycles. The predicted octanol–water partition coefficient (Wildman–Crippen LogP) is 5.93. The van der Waals surface area contributed by atoms with E-state index in [9.17, 15) is 14.3 Å². The lowest BCUT2D eigenvalue weighted by molar-refractivity contribution is -0.147. The van der Waals surface area contributed by atoms with E-state index in [1.807, 2.05) is 12.1 Å². The Kier molecular flexibility index (Phi) is 8.96. The number of carbonyl (C=O) groups is 1. The van der Waals surface area contributed by atoms with Crippen molar-refractivity contribution in [2.24, 2.45) is 17.3 Å². The molecule has 0 radical (unpaired) electrons. The van der Waals surface area contributed by atoms with Gasteiger partial charge in [0, 0.05) is 42.5 Å². The first kappa shape index (κ1) is 29.5. The van der Waals surface area contributed by atoms with Gasteiger partial charge in [-0.1, -0.05) is 31.4 Å². The first-order valence-electron chi connectivity index (χ1n) is 15.1. The molecule has 38 heavy (non-hydrogen) atoms. The number of halogens is 1. The van der Waals surface area contributed by atoms with E-state index in [-0.39, 0.29) is 40.1 Å². The van der Waals surface area contributed by atoms with Gasteiger partial charge in [-0.2, -0.15) is 0 Å². The van der Waals surface area contributed by atoms with Crippen LogP contribution in [0.3, 0.4) is 0 Å². The largest absolute Gasteiger partial charge is 0.378 e. The van der Waals surface area contributed by atoms with Crippen LogP contribution in [-0.4, -0.2) is 64.3 Å². The maximum atomic E-state index is 13.8. The Morgan fingerprint density at radius 1 is 0.974 bits per heavy atom. The Bertz CT molecular complexity index is 922. The number of hydrogen-bond acceptors (Lipinski definition) is 4. The Labute approximate surface area is 230 Å². The van der Waals surface area contributed by atoms with Crippen LogP contribution in [0.15, 0.2) is 24.3 Å². The predicted molar refractivity (Wildman–Crippen MR) is 152 cm³/mol. The number of benzene rings is 1. The minimum Gasteiger partial charge on any atom is -0.378 e. The van der Waals surface area contributed by atoms with Crippen LogP contribution in [0.4, 0.5) is 4.39 Å². The molecule has 214 valence electrons. The van der Waals surface area contributed by atoms with E-state index in [2.05, 4.69) is 56.7 Å². The van der Waals surface area contributed by atoms with Crippen LogP contribution in [0.5, 0.6) is 0 Å². The van der Waals surface area contributed by atoms with Crippen molar-refractivity contribution in [3.63, 3.8) is 0 Å². The first-order chi connectivity index (χ1) is 17.8. The highest BCUT2D eigenvalue weighted by molar-refractivity contribution is 5.83. The second-order valence-corrected chi connectivity index (χ2v) is 14.4. The highest BCUT2D eigenvalue weighted by Crippen LogP contribution is 2.47. The lowest BCUT2D eigenvalue weighted by atomic mass is 9.63. The lowest BCUT2D eigenvalue weighted by Crippen LogP contribution is -2.59. The zero-order valence-electron chi connectivity index (χ0n) is 24.7. The molecule has 1 saturated carbocycles. The number of likely N-dealkylation sites (tertiary alicyclic amines) is 2. The molecule has 4 rings (SSSR count). The smallest absolute Gasteiger partial charge is 0.226 e. The van der Waals surface area contributed by atoms with Crippen LogP contribution >= 0.6 is 0 Å². The SMILES string of the molecule is CC(C)(C)NC(=O)C1(C2CCCCC2)CCN([C@@H](O)C2CCN(C(C)(C)C)CC2c2ccc(F)cc2)CC1. The van der Waals surface area contributed by atoms with Crippen LogP contribution in [-0.2, 0) is 4.79 Å². The number of aliphatic hydroxyl groups is 1. The Hall–Kier alpha value is -1.50. The highest BCUT2D eigenvalue weighted by Gasteiger charge is 2.50. The number of amides is 1. The molecule has 0 aromatic heterocycles. The Morgan fingerprint density at radius 2 is 1.58 bits per heavy atom. The second-order valence-electron chi connectivity index (χ2n) is 14.4. The van der Waals surface area contributed by atoms with Gasteiger partial charge in [0.2, 0.25) is 5.91 Å². The van der Waals surface area contributed by atoms with Gasteiger partial charge >= 0.3 is 0 Å². The van der Waals surface area contributed by atoms with Crippen molar-refractivity contribution in [3.8, 4) is 0 Å². The van der Waals surface area contributed by atoms with Crippen LogP contribution in [0.25, 0.3) is 0 Å². The van der Waals surface area contributed by atoms with E-state index < -0.39 is 6.23 Å². The maximum Gasteiger partial charge on any atom is 0.226 e. The summed E-state index contributed by atoms with van der Waals surface area (Å²) in [6, 6.07) is 6.88. The maximum absolute atomic E-state index is 13.8. The quantitative estimate of drug-likeness (QED) is 0.497. The van der Waals surface area contributed by atoms with Crippen LogP contribution in [0, 0.1) is 23.1 Å². The summed E-state index contributed by atoms with van der Waals surface area (Å²) >= 11 is 0. The molecule has 1 aromatic rings. The van der Waals surface area contributed by atoms with Crippen molar-refractivity contribution >= 4 is 5.91 Å². The minimum absolute atomic E-state index is 0.0410. The van der Waals surface area contributed by atoms with E-state index in [0.717, 1.165) is 63.8 Å². The molecule has 2 unspecified atom stereocenters. The van der Waals surface area contributed by atoms with Gasteiger partial charge in [0.25, 0.3) is 0 Å². The molecule has 1 aromatic carbocycles. The van der Waals surface area contributed by atoms with Crippen LogP contribution < -0.4 is 5.32 Å². The molecule has 2 heterocycles. The monoisotopic (exact) mass is 529 g/mol. The summed E-state index contributed by atoms with van der Waals surface area (Å²) in [7, 11) is 0. The van der Waals surface area contributed by atoms with E-state index in [4.69, 9.17) is 0 Å². The van der Waals surface area contributed by atoms with Crippen molar-refractivity contribution < 1.29 is 14.3 Å². The molecule has 2 N–H and O–H groups in total. The average molecular weight is 530 g/mol.